The van der Waals surface area contributed by atoms with Crippen molar-refractivity contribution >= 4 is 28.7 Å². The molecule has 0 atom stereocenters. The molecule has 1 aliphatic carbocycles. The van der Waals surface area contributed by atoms with Gasteiger partial charge in [-0.2, -0.15) is 0 Å². The van der Waals surface area contributed by atoms with E-state index in [1.165, 1.54) is 44.3 Å². The fraction of sp³-hybridized carbons (Fsp3) is 0.292. The average molecular weight is 504 g/mol. The van der Waals surface area contributed by atoms with E-state index in [9.17, 15) is 0 Å². The van der Waals surface area contributed by atoms with Crippen LogP contribution in [-0.4, -0.2) is 38.5 Å². The van der Waals surface area contributed by atoms with Crippen LogP contribution in [0.2, 0.25) is 0 Å². The molecule has 148 valence electrons. The highest BCUT2D eigenvalue weighted by Gasteiger charge is 2.15. The third-order valence-corrected chi connectivity index (χ3v) is 5.88. The maximum atomic E-state index is 2.36. The summed E-state index contributed by atoms with van der Waals surface area (Å²) < 4.78 is 2.14. The van der Waals surface area contributed by atoms with Crippen LogP contribution in [0.25, 0.3) is 5.57 Å². The van der Waals surface area contributed by atoms with Crippen LogP contribution in [0.1, 0.15) is 25.3 Å². The van der Waals surface area contributed by atoms with Crippen LogP contribution in [0, 0.1) is 0 Å². The number of benzene rings is 1. The molecule has 2 nitrogen and oxygen atoms in total. The summed E-state index contributed by atoms with van der Waals surface area (Å²) in [4.78, 5) is 4.91. The van der Waals surface area contributed by atoms with Gasteiger partial charge in [0, 0.05) is 36.8 Å². The minimum atomic E-state index is 0. The van der Waals surface area contributed by atoms with Crippen molar-refractivity contribution in [1.82, 2.24) is 0 Å². The first-order valence-corrected chi connectivity index (χ1v) is 10.3. The molecule has 0 saturated carbocycles. The van der Waals surface area contributed by atoms with Gasteiger partial charge in [0.15, 0.2) is 5.71 Å². The first-order chi connectivity index (χ1) is 13.0. The summed E-state index contributed by atoms with van der Waals surface area (Å²) in [6.45, 7) is 2.25. The fourth-order valence-electron chi connectivity index (χ4n) is 3.11. The van der Waals surface area contributed by atoms with E-state index in [1.807, 2.05) is 11.8 Å². The summed E-state index contributed by atoms with van der Waals surface area (Å²) in [5.74, 6) is 0. The van der Waals surface area contributed by atoms with Gasteiger partial charge < -0.3 is 28.9 Å². The molecule has 1 aromatic rings. The molecule has 4 heteroatoms. The Labute approximate surface area is 191 Å². The first-order valence-electron chi connectivity index (χ1n) is 9.50. The molecule has 0 fully saturated rings. The second-order valence-corrected chi connectivity index (χ2v) is 8.48. The van der Waals surface area contributed by atoms with Crippen molar-refractivity contribution in [1.29, 1.82) is 0 Å². The first kappa shape index (κ1) is 22.8. The van der Waals surface area contributed by atoms with Gasteiger partial charge >= 0.3 is 0 Å². The van der Waals surface area contributed by atoms with Crippen molar-refractivity contribution in [2.24, 2.45) is 0 Å². The molecule has 3 rings (SSSR count). The summed E-state index contributed by atoms with van der Waals surface area (Å²) >= 11 is 1.91. The predicted molar refractivity (Wildman–Crippen MR) is 122 cm³/mol. The van der Waals surface area contributed by atoms with Crippen LogP contribution in [0.5, 0.6) is 0 Å². The van der Waals surface area contributed by atoms with Crippen molar-refractivity contribution in [2.45, 2.75) is 19.8 Å². The molecule has 0 amide bonds. The zero-order chi connectivity index (χ0) is 19.4. The summed E-state index contributed by atoms with van der Waals surface area (Å²) in [7, 11) is 8.31. The third-order valence-electron chi connectivity index (χ3n) is 4.73. The fourth-order valence-corrected chi connectivity index (χ4v) is 4.33. The van der Waals surface area contributed by atoms with E-state index in [0.29, 0.717) is 0 Å². The molecule has 0 unspecified atom stereocenters. The van der Waals surface area contributed by atoms with Gasteiger partial charge in [-0.25, -0.2) is 4.58 Å². The average Bonchev–Trinajstić information content (AvgIpc) is 2.68. The van der Waals surface area contributed by atoms with Gasteiger partial charge in [-0.1, -0.05) is 37.2 Å². The molecule has 0 bridgehead atoms. The lowest BCUT2D eigenvalue weighted by molar-refractivity contribution is -0.462. The normalized spacial score (nSPS) is 15.8. The minimum absolute atomic E-state index is 0. The van der Waals surface area contributed by atoms with Crippen molar-refractivity contribution in [2.75, 3.05) is 33.1 Å². The van der Waals surface area contributed by atoms with Gasteiger partial charge in [-0.15, -0.1) is 0 Å². The number of hydrogen-bond acceptors (Lipinski definition) is 2. The summed E-state index contributed by atoms with van der Waals surface area (Å²) in [6.07, 6.45) is 15.8. The van der Waals surface area contributed by atoms with Gasteiger partial charge in [0.1, 0.15) is 14.1 Å². The Hall–Kier alpha value is -1.53. The monoisotopic (exact) mass is 504 g/mol. The molecular formula is C24H29IN2S. The van der Waals surface area contributed by atoms with Crippen LogP contribution in [0.3, 0.4) is 0 Å². The number of allylic oxidation sites excluding steroid dienone is 9. The van der Waals surface area contributed by atoms with Crippen LogP contribution in [0.15, 0.2) is 76.1 Å². The predicted octanol–water partition coefficient (Wildman–Crippen LogP) is 2.66. The summed E-state index contributed by atoms with van der Waals surface area (Å²) in [6, 6.07) is 8.83. The number of nitrogens with zero attached hydrogens (tertiary/aromatic N) is 2. The van der Waals surface area contributed by atoms with E-state index in [0.717, 1.165) is 6.42 Å². The minimum Gasteiger partial charge on any atom is -1.00 e. The topological polar surface area (TPSA) is 6.25 Å². The Bertz CT molecular complexity index is 875. The number of halogens is 1. The Kier molecular flexibility index (Phi) is 8.38. The lowest BCUT2D eigenvalue weighted by atomic mass is 10.0. The van der Waals surface area contributed by atoms with Crippen molar-refractivity contribution in [3.05, 3.63) is 81.7 Å². The number of rotatable bonds is 4. The van der Waals surface area contributed by atoms with E-state index >= 15 is 0 Å². The molecule has 0 saturated heterocycles. The second-order valence-electron chi connectivity index (χ2n) is 7.31. The van der Waals surface area contributed by atoms with Crippen molar-refractivity contribution < 1.29 is 28.6 Å². The van der Waals surface area contributed by atoms with Crippen molar-refractivity contribution in [3.63, 3.8) is 0 Å². The molecular weight excluding hydrogens is 475 g/mol. The molecule has 1 aromatic carbocycles. The van der Waals surface area contributed by atoms with Crippen LogP contribution >= 0.6 is 11.8 Å². The standard InChI is InChI=1S/C24H29N2S.HI/c1-6-7-23-16-20(18-8-12-21(13-9-18)25(2)3)17-24(27-23)19-10-14-22(15-11-19)26(4)5;/h8-17H,6-7H2,1-5H3;1H/q+1;/p-1. The molecule has 28 heavy (non-hydrogen) atoms. The lowest BCUT2D eigenvalue weighted by Crippen LogP contribution is -3.00. The zero-order valence-corrected chi connectivity index (χ0v) is 20.3. The smallest absolute Gasteiger partial charge is 0.199 e. The quantitative estimate of drug-likeness (QED) is 0.460. The molecule has 0 radical (unpaired) electrons. The number of thioether (sulfide) groups is 1. The van der Waals surface area contributed by atoms with Crippen LogP contribution < -0.4 is 28.9 Å². The Morgan fingerprint density at radius 2 is 1.57 bits per heavy atom. The van der Waals surface area contributed by atoms with E-state index in [-0.39, 0.29) is 24.0 Å². The van der Waals surface area contributed by atoms with E-state index in [4.69, 9.17) is 0 Å². The van der Waals surface area contributed by atoms with Gasteiger partial charge in [0.05, 0.1) is 0 Å². The largest absolute Gasteiger partial charge is 1.00 e. The number of anilines is 1. The second kappa shape index (κ2) is 10.3. The highest BCUT2D eigenvalue weighted by molar-refractivity contribution is 8.07. The Morgan fingerprint density at radius 3 is 2.11 bits per heavy atom. The molecule has 1 aliphatic heterocycles. The third kappa shape index (κ3) is 5.51. The van der Waals surface area contributed by atoms with Gasteiger partial charge in [-0.3, -0.25) is 0 Å². The molecule has 2 aliphatic rings. The molecule has 0 N–H and O–H groups in total. The Balaban J connectivity index is 0.00000280. The highest BCUT2D eigenvalue weighted by Crippen LogP contribution is 2.41. The van der Waals surface area contributed by atoms with Crippen molar-refractivity contribution in [3.8, 4) is 0 Å². The summed E-state index contributed by atoms with van der Waals surface area (Å²) in [5, 5.41) is 0. The molecule has 0 aromatic heterocycles. The Morgan fingerprint density at radius 1 is 0.929 bits per heavy atom. The lowest BCUT2D eigenvalue weighted by Gasteiger charge is -2.19. The zero-order valence-electron chi connectivity index (χ0n) is 17.4. The molecule has 0 spiro atoms. The maximum absolute atomic E-state index is 2.36. The van der Waals surface area contributed by atoms with E-state index in [1.54, 1.807) is 0 Å². The van der Waals surface area contributed by atoms with Crippen LogP contribution in [0.4, 0.5) is 5.69 Å². The maximum Gasteiger partial charge on any atom is 0.199 e. The van der Waals surface area contributed by atoms with Gasteiger partial charge in [0.25, 0.3) is 0 Å². The van der Waals surface area contributed by atoms with E-state index in [2.05, 4.69) is 105 Å². The molecule has 1 heterocycles. The summed E-state index contributed by atoms with van der Waals surface area (Å²) in [5.41, 5.74) is 6.32. The number of hydrogen-bond donors (Lipinski definition) is 0. The highest BCUT2D eigenvalue weighted by atomic mass is 127. The van der Waals surface area contributed by atoms with E-state index < -0.39 is 0 Å². The SMILES string of the molecule is CCCC1=CC(c2ccc(N(C)C)cc2)=CC(=C2C=CC(=[N+](C)C)C=C2)S1.[I-]. The van der Waals surface area contributed by atoms with Gasteiger partial charge in [-0.05, 0) is 64.5 Å². The van der Waals surface area contributed by atoms with Gasteiger partial charge in [0.2, 0.25) is 0 Å². The van der Waals surface area contributed by atoms with Crippen LogP contribution in [-0.2, 0) is 0 Å².